The molecule has 0 aromatic carbocycles. The van der Waals surface area contributed by atoms with Crippen LogP contribution in [-0.2, 0) is 6.54 Å². The second-order valence-electron chi connectivity index (χ2n) is 9.28. The summed E-state index contributed by atoms with van der Waals surface area (Å²) < 4.78 is 0. The lowest BCUT2D eigenvalue weighted by Gasteiger charge is -2.14. The number of fused-ring (bicyclic) bond motifs is 2. The van der Waals surface area contributed by atoms with Gasteiger partial charge in [0.15, 0.2) is 0 Å². The van der Waals surface area contributed by atoms with Gasteiger partial charge in [0.2, 0.25) is 0 Å². The fraction of sp³-hybridized carbons (Fsp3) is 0.179. The van der Waals surface area contributed by atoms with Crippen LogP contribution in [0.5, 0.6) is 0 Å². The van der Waals surface area contributed by atoms with Crippen LogP contribution in [0.2, 0.25) is 0 Å². The second-order valence-corrected chi connectivity index (χ2v) is 9.28. The van der Waals surface area contributed by atoms with E-state index in [4.69, 9.17) is 4.98 Å². The van der Waals surface area contributed by atoms with Crippen LogP contribution in [0.1, 0.15) is 18.4 Å². The van der Waals surface area contributed by atoms with Gasteiger partial charge in [0.05, 0.1) is 34.3 Å². The van der Waals surface area contributed by atoms with Crippen molar-refractivity contribution < 1.29 is 0 Å². The Balaban J connectivity index is 1.28. The van der Waals surface area contributed by atoms with Crippen molar-refractivity contribution in [3.8, 4) is 33.9 Å². The first-order chi connectivity index (χ1) is 17.8. The van der Waals surface area contributed by atoms with Gasteiger partial charge in [-0.3, -0.25) is 25.0 Å². The van der Waals surface area contributed by atoms with E-state index in [-0.39, 0.29) is 0 Å². The normalized spacial score (nSPS) is 14.2. The summed E-state index contributed by atoms with van der Waals surface area (Å²) in [7, 11) is 0. The minimum Gasteiger partial charge on any atom is -0.352 e. The Morgan fingerprint density at radius 1 is 0.861 bits per heavy atom. The van der Waals surface area contributed by atoms with E-state index in [2.05, 4.69) is 47.2 Å². The molecule has 0 aliphatic carbocycles. The fourth-order valence-corrected chi connectivity index (χ4v) is 5.07. The summed E-state index contributed by atoms with van der Waals surface area (Å²) in [4.78, 5) is 24.4. The lowest BCUT2D eigenvalue weighted by atomic mass is 10.1. The van der Waals surface area contributed by atoms with E-state index in [0.29, 0.717) is 0 Å². The molecule has 0 bridgehead atoms. The molecule has 36 heavy (non-hydrogen) atoms. The van der Waals surface area contributed by atoms with Crippen molar-refractivity contribution in [2.45, 2.75) is 19.4 Å². The van der Waals surface area contributed by atoms with Crippen LogP contribution >= 0.6 is 0 Å². The van der Waals surface area contributed by atoms with E-state index < -0.39 is 0 Å². The Morgan fingerprint density at radius 2 is 1.78 bits per heavy atom. The van der Waals surface area contributed by atoms with Gasteiger partial charge in [-0.15, -0.1) is 0 Å². The maximum absolute atomic E-state index is 5.01. The van der Waals surface area contributed by atoms with Gasteiger partial charge in [0, 0.05) is 47.8 Å². The number of pyridine rings is 4. The second kappa shape index (κ2) is 8.66. The van der Waals surface area contributed by atoms with Gasteiger partial charge in [-0.05, 0) is 67.9 Å². The highest BCUT2D eigenvalue weighted by Gasteiger charge is 2.17. The van der Waals surface area contributed by atoms with E-state index in [9.17, 15) is 0 Å². The Bertz CT molecular complexity index is 1680. The number of aromatic nitrogens is 7. The molecule has 1 fully saturated rings. The number of H-pyrrole nitrogens is 2. The summed E-state index contributed by atoms with van der Waals surface area (Å²) in [6, 6.07) is 14.2. The van der Waals surface area contributed by atoms with Gasteiger partial charge in [0.1, 0.15) is 11.2 Å². The summed E-state index contributed by atoms with van der Waals surface area (Å²) in [5.41, 5.74) is 9.26. The zero-order valence-corrected chi connectivity index (χ0v) is 19.6. The molecule has 0 amide bonds. The predicted molar refractivity (Wildman–Crippen MR) is 140 cm³/mol. The highest BCUT2D eigenvalue weighted by atomic mass is 15.1. The number of aromatic amines is 2. The summed E-state index contributed by atoms with van der Waals surface area (Å²) in [5.74, 6) is 0. The number of nitrogens with zero attached hydrogens (tertiary/aromatic N) is 6. The lowest BCUT2D eigenvalue weighted by molar-refractivity contribution is 0.331. The summed E-state index contributed by atoms with van der Waals surface area (Å²) in [5, 5.41) is 8.79. The average Bonchev–Trinajstić information content (AvgIpc) is 3.68. The molecule has 1 saturated heterocycles. The van der Waals surface area contributed by atoms with Crippen molar-refractivity contribution in [1.29, 1.82) is 0 Å². The van der Waals surface area contributed by atoms with E-state index in [1.54, 1.807) is 6.20 Å². The van der Waals surface area contributed by atoms with Crippen molar-refractivity contribution >= 4 is 21.9 Å². The largest absolute Gasteiger partial charge is 0.352 e. The third kappa shape index (κ3) is 3.72. The Morgan fingerprint density at radius 3 is 2.67 bits per heavy atom. The predicted octanol–water partition coefficient (Wildman–Crippen LogP) is 5.22. The SMILES string of the molecule is c1ccc(-c2cncc3[nH]c(-c4n[nH]c5ccc(-c6cncc(CN7CCCC7)c6)nc45)cc23)nc1. The minimum absolute atomic E-state index is 0.774. The first kappa shape index (κ1) is 20.9. The molecule has 0 saturated carbocycles. The van der Waals surface area contributed by atoms with Gasteiger partial charge >= 0.3 is 0 Å². The zero-order chi connectivity index (χ0) is 23.9. The summed E-state index contributed by atoms with van der Waals surface area (Å²) >= 11 is 0. The first-order valence-electron chi connectivity index (χ1n) is 12.2. The third-order valence-corrected chi connectivity index (χ3v) is 6.84. The highest BCUT2D eigenvalue weighted by molar-refractivity contribution is 5.99. The molecule has 7 rings (SSSR count). The maximum Gasteiger partial charge on any atom is 0.135 e. The number of rotatable bonds is 5. The van der Waals surface area contributed by atoms with E-state index in [1.165, 1.54) is 18.4 Å². The summed E-state index contributed by atoms with van der Waals surface area (Å²) in [6.07, 6.45) is 11.9. The van der Waals surface area contributed by atoms with Crippen molar-refractivity contribution in [2.75, 3.05) is 13.1 Å². The molecule has 7 heterocycles. The van der Waals surface area contributed by atoms with Crippen molar-refractivity contribution in [2.24, 2.45) is 0 Å². The smallest absolute Gasteiger partial charge is 0.135 e. The Hall–Kier alpha value is -4.43. The van der Waals surface area contributed by atoms with Gasteiger partial charge < -0.3 is 4.98 Å². The monoisotopic (exact) mass is 472 g/mol. The van der Waals surface area contributed by atoms with Crippen LogP contribution in [-0.4, -0.2) is 53.1 Å². The van der Waals surface area contributed by atoms with E-state index in [1.807, 2.05) is 55.1 Å². The molecule has 6 aromatic rings. The van der Waals surface area contributed by atoms with Crippen LogP contribution in [0.25, 0.3) is 55.8 Å². The molecule has 6 aromatic heterocycles. The quantitative estimate of drug-likeness (QED) is 0.357. The van der Waals surface area contributed by atoms with Crippen molar-refractivity contribution in [1.82, 2.24) is 40.0 Å². The van der Waals surface area contributed by atoms with Crippen LogP contribution < -0.4 is 0 Å². The topological polar surface area (TPSA) is 99.3 Å². The number of likely N-dealkylation sites (tertiary alicyclic amines) is 1. The summed E-state index contributed by atoms with van der Waals surface area (Å²) in [6.45, 7) is 3.26. The molecule has 1 aliphatic heterocycles. The molecule has 2 N–H and O–H groups in total. The minimum atomic E-state index is 0.774. The number of hydrogen-bond donors (Lipinski definition) is 2. The Kier molecular flexibility index (Phi) is 5.03. The van der Waals surface area contributed by atoms with E-state index in [0.717, 1.165) is 75.5 Å². The van der Waals surface area contributed by atoms with Crippen LogP contribution in [0, 0.1) is 0 Å². The Labute approximate surface area is 207 Å². The molecule has 0 radical (unpaired) electrons. The fourth-order valence-electron chi connectivity index (χ4n) is 5.07. The van der Waals surface area contributed by atoms with Crippen LogP contribution in [0.4, 0.5) is 0 Å². The van der Waals surface area contributed by atoms with Gasteiger partial charge in [0.25, 0.3) is 0 Å². The molecule has 8 nitrogen and oxygen atoms in total. The molecule has 0 spiro atoms. The van der Waals surface area contributed by atoms with Gasteiger partial charge in [-0.25, -0.2) is 4.98 Å². The average molecular weight is 473 g/mol. The molecular weight excluding hydrogens is 448 g/mol. The van der Waals surface area contributed by atoms with Crippen molar-refractivity contribution in [3.05, 3.63) is 79.0 Å². The van der Waals surface area contributed by atoms with Crippen LogP contribution in [0.15, 0.2) is 73.4 Å². The van der Waals surface area contributed by atoms with Crippen LogP contribution in [0.3, 0.4) is 0 Å². The molecule has 8 heteroatoms. The molecule has 176 valence electrons. The van der Waals surface area contributed by atoms with E-state index >= 15 is 0 Å². The van der Waals surface area contributed by atoms with Crippen molar-refractivity contribution in [3.63, 3.8) is 0 Å². The first-order valence-corrected chi connectivity index (χ1v) is 12.2. The highest BCUT2D eigenvalue weighted by Crippen LogP contribution is 2.33. The molecular formula is C28H24N8. The van der Waals surface area contributed by atoms with Gasteiger partial charge in [-0.1, -0.05) is 6.07 Å². The number of nitrogens with one attached hydrogen (secondary N) is 2. The third-order valence-electron chi connectivity index (χ3n) is 6.84. The molecule has 0 unspecified atom stereocenters. The maximum atomic E-state index is 5.01. The molecule has 0 atom stereocenters. The standard InChI is InChI=1S/C28H24N8/c1-2-8-31-23(5-1)21-15-30-16-26-20(21)12-25(32-26)28-27-24(34-35-28)7-6-22(33-27)19-11-18(13-29-14-19)17-36-9-3-4-10-36/h1-2,5-8,11-16,32H,3-4,9-10,17H2,(H,34,35). The number of hydrogen-bond acceptors (Lipinski definition) is 6. The van der Waals surface area contributed by atoms with Gasteiger partial charge in [-0.2, -0.15) is 5.10 Å². The molecule has 1 aliphatic rings. The lowest BCUT2D eigenvalue weighted by Crippen LogP contribution is -2.18. The zero-order valence-electron chi connectivity index (χ0n) is 19.6.